The van der Waals surface area contributed by atoms with Gasteiger partial charge < -0.3 is 10.1 Å². The number of hydrogen-bond donors (Lipinski definition) is 1. The van der Waals surface area contributed by atoms with Crippen LogP contribution in [-0.2, 0) is 19.6 Å². The Balaban J connectivity index is 1.91. The van der Waals surface area contributed by atoms with Crippen molar-refractivity contribution in [3.05, 3.63) is 87.4 Å². The summed E-state index contributed by atoms with van der Waals surface area (Å²) in [4.78, 5) is 25.1. The Bertz CT molecular complexity index is 1310. The van der Waals surface area contributed by atoms with Gasteiger partial charge in [0.15, 0.2) is 0 Å². The maximum absolute atomic E-state index is 13.5. The highest BCUT2D eigenvalue weighted by molar-refractivity contribution is 9.10. The van der Waals surface area contributed by atoms with Gasteiger partial charge in [0, 0.05) is 10.2 Å². The zero-order valence-electron chi connectivity index (χ0n) is 18.4. The molecule has 7 nitrogen and oxygen atoms in total. The number of halogens is 2. The van der Waals surface area contributed by atoms with Gasteiger partial charge in [-0.3, -0.25) is 9.10 Å². The van der Waals surface area contributed by atoms with Gasteiger partial charge in [-0.2, -0.15) is 0 Å². The Morgan fingerprint density at radius 3 is 2.41 bits per heavy atom. The molecule has 0 heterocycles. The number of nitrogens with one attached hydrogen (secondary N) is 1. The summed E-state index contributed by atoms with van der Waals surface area (Å²) in [7, 11) is -4.05. The zero-order chi connectivity index (χ0) is 24.9. The van der Waals surface area contributed by atoms with Crippen molar-refractivity contribution in [2.45, 2.75) is 18.7 Å². The van der Waals surface area contributed by atoms with Gasteiger partial charge in [-0.15, -0.1) is 0 Å². The van der Waals surface area contributed by atoms with Crippen LogP contribution in [0.4, 0.5) is 11.4 Å². The molecule has 1 amide bonds. The van der Waals surface area contributed by atoms with Crippen LogP contribution in [0.5, 0.6) is 0 Å². The van der Waals surface area contributed by atoms with Crippen molar-refractivity contribution in [3.63, 3.8) is 0 Å². The third kappa shape index (κ3) is 6.16. The number of nitrogens with zero attached hydrogens (tertiary/aromatic N) is 1. The predicted molar refractivity (Wildman–Crippen MR) is 136 cm³/mol. The number of anilines is 2. The van der Waals surface area contributed by atoms with Gasteiger partial charge in [0.1, 0.15) is 6.54 Å². The van der Waals surface area contributed by atoms with Crippen molar-refractivity contribution < 1.29 is 22.7 Å². The van der Waals surface area contributed by atoms with E-state index in [4.69, 9.17) is 16.3 Å². The predicted octanol–water partition coefficient (Wildman–Crippen LogP) is 5.42. The number of sulfonamides is 1. The topological polar surface area (TPSA) is 92.8 Å². The number of aryl methyl sites for hydroxylation is 1. The van der Waals surface area contributed by atoms with Crippen molar-refractivity contribution in [2.75, 3.05) is 22.8 Å². The fraction of sp³-hybridized carbons (Fsp3) is 0.167. The number of carbonyl (C=O) groups is 2. The number of benzene rings is 3. The average Bonchev–Trinajstić information content (AvgIpc) is 2.79. The molecule has 10 heteroatoms. The average molecular weight is 566 g/mol. The highest BCUT2D eigenvalue weighted by atomic mass is 79.9. The lowest BCUT2D eigenvalue weighted by Gasteiger charge is -2.24. The van der Waals surface area contributed by atoms with Crippen molar-refractivity contribution in [3.8, 4) is 0 Å². The molecule has 0 radical (unpaired) electrons. The SMILES string of the molecule is CCOC(=O)c1cc(NC(=O)CN(c2cccc(Br)c2)S(=O)(=O)c2ccc(C)cc2)ccc1Cl. The Kier molecular flexibility index (Phi) is 8.35. The second-order valence-electron chi connectivity index (χ2n) is 7.27. The van der Waals surface area contributed by atoms with Crippen LogP contribution in [0.3, 0.4) is 0 Å². The molecule has 3 rings (SSSR count). The lowest BCUT2D eigenvalue weighted by atomic mass is 10.2. The molecular weight excluding hydrogens is 544 g/mol. The number of esters is 1. The molecule has 0 saturated carbocycles. The first-order chi connectivity index (χ1) is 16.1. The lowest BCUT2D eigenvalue weighted by molar-refractivity contribution is -0.114. The molecule has 0 unspecified atom stereocenters. The first-order valence-corrected chi connectivity index (χ1v) is 12.8. The minimum Gasteiger partial charge on any atom is -0.462 e. The smallest absolute Gasteiger partial charge is 0.339 e. The minimum absolute atomic E-state index is 0.0574. The molecule has 3 aromatic rings. The summed E-state index contributed by atoms with van der Waals surface area (Å²) in [5, 5.41) is 2.81. The van der Waals surface area contributed by atoms with Crippen LogP contribution in [-0.4, -0.2) is 33.4 Å². The van der Waals surface area contributed by atoms with E-state index in [9.17, 15) is 18.0 Å². The molecule has 0 atom stereocenters. The Morgan fingerprint density at radius 2 is 1.76 bits per heavy atom. The molecule has 0 aromatic heterocycles. The second-order valence-corrected chi connectivity index (χ2v) is 10.5. The summed E-state index contributed by atoms with van der Waals surface area (Å²) in [5.74, 6) is -1.23. The van der Waals surface area contributed by atoms with Gasteiger partial charge in [-0.25, -0.2) is 13.2 Å². The van der Waals surface area contributed by atoms with Gasteiger partial charge >= 0.3 is 5.97 Å². The highest BCUT2D eigenvalue weighted by Crippen LogP contribution is 2.27. The van der Waals surface area contributed by atoms with E-state index in [0.29, 0.717) is 10.2 Å². The van der Waals surface area contributed by atoms with Crippen LogP contribution in [0.25, 0.3) is 0 Å². The molecule has 34 heavy (non-hydrogen) atoms. The van der Waals surface area contributed by atoms with Crippen LogP contribution in [0.1, 0.15) is 22.8 Å². The Labute approximate surface area is 211 Å². The first kappa shape index (κ1) is 25.7. The third-order valence-corrected chi connectivity index (χ3v) is 7.35. The van der Waals surface area contributed by atoms with E-state index < -0.39 is 28.4 Å². The van der Waals surface area contributed by atoms with Crippen molar-refractivity contribution >= 4 is 60.8 Å². The van der Waals surface area contributed by atoms with E-state index in [0.717, 1.165) is 9.87 Å². The van der Waals surface area contributed by atoms with Crippen molar-refractivity contribution in [1.29, 1.82) is 0 Å². The molecule has 0 fully saturated rings. The van der Waals surface area contributed by atoms with Gasteiger partial charge in [0.2, 0.25) is 5.91 Å². The van der Waals surface area contributed by atoms with Crippen LogP contribution in [0, 0.1) is 6.92 Å². The molecule has 3 aromatic carbocycles. The summed E-state index contributed by atoms with van der Waals surface area (Å²) < 4.78 is 33.6. The summed E-state index contributed by atoms with van der Waals surface area (Å²) in [6, 6.07) is 17.4. The minimum atomic E-state index is -4.05. The lowest BCUT2D eigenvalue weighted by Crippen LogP contribution is -2.38. The van der Waals surface area contributed by atoms with Crippen molar-refractivity contribution in [2.24, 2.45) is 0 Å². The normalized spacial score (nSPS) is 11.1. The Morgan fingerprint density at radius 1 is 1.06 bits per heavy atom. The summed E-state index contributed by atoms with van der Waals surface area (Å²) in [6.45, 7) is 3.20. The fourth-order valence-electron chi connectivity index (χ4n) is 3.08. The third-order valence-electron chi connectivity index (χ3n) is 4.74. The van der Waals surface area contributed by atoms with E-state index >= 15 is 0 Å². The zero-order valence-corrected chi connectivity index (χ0v) is 21.6. The highest BCUT2D eigenvalue weighted by Gasteiger charge is 2.27. The summed E-state index contributed by atoms with van der Waals surface area (Å²) in [6.07, 6.45) is 0. The monoisotopic (exact) mass is 564 g/mol. The van der Waals surface area contributed by atoms with E-state index in [1.807, 2.05) is 6.92 Å². The van der Waals surface area contributed by atoms with Crippen molar-refractivity contribution in [1.82, 2.24) is 0 Å². The van der Waals surface area contributed by atoms with Crippen LogP contribution >= 0.6 is 27.5 Å². The number of rotatable bonds is 8. The second kappa shape index (κ2) is 11.0. The molecule has 0 aliphatic carbocycles. The molecule has 0 aliphatic heterocycles. The number of carbonyl (C=O) groups excluding carboxylic acids is 2. The molecular formula is C24H22BrClN2O5S. The molecule has 0 spiro atoms. The number of hydrogen-bond acceptors (Lipinski definition) is 5. The molecule has 178 valence electrons. The van der Waals surface area contributed by atoms with E-state index in [1.54, 1.807) is 43.3 Å². The number of ether oxygens (including phenoxy) is 1. The van der Waals surface area contributed by atoms with Gasteiger partial charge in [-0.1, -0.05) is 51.3 Å². The van der Waals surface area contributed by atoms with Gasteiger partial charge in [0.05, 0.1) is 27.8 Å². The van der Waals surface area contributed by atoms with Crippen LogP contribution < -0.4 is 9.62 Å². The summed E-state index contributed by atoms with van der Waals surface area (Å²) in [5.41, 5.74) is 1.59. The van der Waals surface area contributed by atoms with E-state index in [1.165, 1.54) is 30.3 Å². The summed E-state index contributed by atoms with van der Waals surface area (Å²) >= 11 is 9.42. The molecule has 0 saturated heterocycles. The van der Waals surface area contributed by atoms with Gasteiger partial charge in [0.25, 0.3) is 10.0 Å². The maximum atomic E-state index is 13.5. The van der Waals surface area contributed by atoms with Gasteiger partial charge in [-0.05, 0) is 62.4 Å². The molecule has 1 N–H and O–H groups in total. The Hall–Kier alpha value is -2.88. The number of amides is 1. The largest absolute Gasteiger partial charge is 0.462 e. The van der Waals surface area contributed by atoms with E-state index in [2.05, 4.69) is 21.2 Å². The van der Waals surface area contributed by atoms with E-state index in [-0.39, 0.29) is 27.8 Å². The van der Waals surface area contributed by atoms with Crippen LogP contribution in [0.2, 0.25) is 5.02 Å². The fourth-order valence-corrected chi connectivity index (χ4v) is 5.08. The van der Waals surface area contributed by atoms with Crippen LogP contribution in [0.15, 0.2) is 76.1 Å². The quantitative estimate of drug-likeness (QED) is 0.368. The standard InChI is InChI=1S/C24H22BrClN2O5S/c1-3-33-24(30)21-14-18(9-12-22(21)26)27-23(29)15-28(19-6-4-5-17(25)13-19)34(31,32)20-10-7-16(2)8-11-20/h4-14H,3,15H2,1-2H3,(H,27,29). The molecule has 0 aliphatic rings. The molecule has 0 bridgehead atoms. The first-order valence-electron chi connectivity index (χ1n) is 10.2. The maximum Gasteiger partial charge on any atom is 0.339 e.